The number of hydrogen-bond acceptors (Lipinski definition) is 4. The SMILES string of the molecule is COc1ccc(N2CCN(CCC(=O)Nc3ccccc3C(C)(C)C)CC2)cc1. The second-order valence-electron chi connectivity index (χ2n) is 8.62. The van der Waals surface area contributed by atoms with Crippen LogP contribution in [0.1, 0.15) is 32.8 Å². The monoisotopic (exact) mass is 395 g/mol. The van der Waals surface area contributed by atoms with Crippen LogP contribution in [0.15, 0.2) is 48.5 Å². The lowest BCUT2D eigenvalue weighted by Gasteiger charge is -2.36. The molecule has 156 valence electrons. The summed E-state index contributed by atoms with van der Waals surface area (Å²) in [6, 6.07) is 16.3. The minimum atomic E-state index is 0.00165. The maximum Gasteiger partial charge on any atom is 0.225 e. The number of hydrogen-bond donors (Lipinski definition) is 1. The van der Waals surface area contributed by atoms with Crippen LogP contribution in [-0.2, 0) is 10.2 Å². The van der Waals surface area contributed by atoms with Crippen molar-refractivity contribution in [2.75, 3.05) is 50.1 Å². The fourth-order valence-corrected chi connectivity index (χ4v) is 3.74. The number of piperazine rings is 1. The summed E-state index contributed by atoms with van der Waals surface area (Å²) >= 11 is 0. The molecule has 0 aliphatic carbocycles. The van der Waals surface area contributed by atoms with E-state index in [2.05, 4.69) is 54.1 Å². The van der Waals surface area contributed by atoms with Gasteiger partial charge >= 0.3 is 0 Å². The molecule has 1 N–H and O–H groups in total. The average Bonchev–Trinajstić information content (AvgIpc) is 2.72. The van der Waals surface area contributed by atoms with Crippen molar-refractivity contribution in [3.8, 4) is 5.75 Å². The minimum absolute atomic E-state index is 0.00165. The lowest BCUT2D eigenvalue weighted by Crippen LogP contribution is -2.47. The number of nitrogens with zero attached hydrogens (tertiary/aromatic N) is 2. The fourth-order valence-electron chi connectivity index (χ4n) is 3.74. The van der Waals surface area contributed by atoms with E-state index in [1.807, 2.05) is 30.3 Å². The van der Waals surface area contributed by atoms with Crippen LogP contribution in [0.5, 0.6) is 5.75 Å². The number of nitrogens with one attached hydrogen (secondary N) is 1. The van der Waals surface area contributed by atoms with Gasteiger partial charge in [-0.05, 0) is 41.3 Å². The van der Waals surface area contributed by atoms with Gasteiger partial charge in [0.25, 0.3) is 0 Å². The molecule has 0 spiro atoms. The zero-order valence-corrected chi connectivity index (χ0v) is 18.1. The number of ether oxygens (including phenoxy) is 1. The molecule has 29 heavy (non-hydrogen) atoms. The lowest BCUT2D eigenvalue weighted by molar-refractivity contribution is -0.116. The molecule has 2 aromatic rings. The van der Waals surface area contributed by atoms with Gasteiger partial charge in [0.15, 0.2) is 0 Å². The van der Waals surface area contributed by atoms with E-state index in [9.17, 15) is 4.79 Å². The van der Waals surface area contributed by atoms with Crippen molar-refractivity contribution in [1.29, 1.82) is 0 Å². The minimum Gasteiger partial charge on any atom is -0.497 e. The second-order valence-corrected chi connectivity index (χ2v) is 8.62. The summed E-state index contributed by atoms with van der Waals surface area (Å²) in [7, 11) is 1.69. The van der Waals surface area contributed by atoms with Crippen LogP contribution in [0.4, 0.5) is 11.4 Å². The van der Waals surface area contributed by atoms with Crippen LogP contribution in [0.2, 0.25) is 0 Å². The topological polar surface area (TPSA) is 44.8 Å². The highest BCUT2D eigenvalue weighted by Gasteiger charge is 2.20. The van der Waals surface area contributed by atoms with Crippen molar-refractivity contribution >= 4 is 17.3 Å². The fraction of sp³-hybridized carbons (Fsp3) is 0.458. The smallest absolute Gasteiger partial charge is 0.225 e. The van der Waals surface area contributed by atoms with Crippen LogP contribution in [-0.4, -0.2) is 50.6 Å². The Hall–Kier alpha value is -2.53. The molecule has 1 heterocycles. The van der Waals surface area contributed by atoms with Crippen molar-refractivity contribution in [1.82, 2.24) is 4.90 Å². The first-order chi connectivity index (χ1) is 13.9. The van der Waals surface area contributed by atoms with E-state index < -0.39 is 0 Å². The van der Waals surface area contributed by atoms with E-state index in [0.29, 0.717) is 6.42 Å². The number of para-hydroxylation sites is 1. The number of methoxy groups -OCH3 is 1. The molecule has 0 unspecified atom stereocenters. The Morgan fingerprint density at radius 2 is 1.66 bits per heavy atom. The molecule has 1 saturated heterocycles. The normalized spacial score (nSPS) is 15.2. The van der Waals surface area contributed by atoms with Crippen molar-refractivity contribution in [3.63, 3.8) is 0 Å². The zero-order chi connectivity index (χ0) is 20.9. The number of rotatable bonds is 6. The number of anilines is 2. The molecule has 0 aromatic heterocycles. The predicted octanol–water partition coefficient (Wildman–Crippen LogP) is 4.14. The molecule has 2 aromatic carbocycles. The molecule has 1 aliphatic heterocycles. The highest BCUT2D eigenvalue weighted by molar-refractivity contribution is 5.91. The Bertz CT molecular complexity index is 804. The van der Waals surface area contributed by atoms with Gasteiger partial charge in [-0.1, -0.05) is 39.0 Å². The Morgan fingerprint density at radius 3 is 2.28 bits per heavy atom. The number of benzene rings is 2. The maximum atomic E-state index is 12.5. The quantitative estimate of drug-likeness (QED) is 0.798. The molecule has 0 saturated carbocycles. The molecule has 0 atom stereocenters. The van der Waals surface area contributed by atoms with Crippen LogP contribution in [0.25, 0.3) is 0 Å². The molecule has 5 heteroatoms. The van der Waals surface area contributed by atoms with Crippen molar-refractivity contribution in [3.05, 3.63) is 54.1 Å². The summed E-state index contributed by atoms with van der Waals surface area (Å²) in [5.74, 6) is 0.964. The highest BCUT2D eigenvalue weighted by Crippen LogP contribution is 2.29. The van der Waals surface area contributed by atoms with E-state index in [0.717, 1.165) is 44.2 Å². The van der Waals surface area contributed by atoms with E-state index in [1.54, 1.807) is 7.11 Å². The number of carbonyl (C=O) groups is 1. The first-order valence-electron chi connectivity index (χ1n) is 10.4. The molecular weight excluding hydrogens is 362 g/mol. The van der Waals surface area contributed by atoms with Gasteiger partial charge in [0, 0.05) is 50.5 Å². The van der Waals surface area contributed by atoms with Gasteiger partial charge in [-0.25, -0.2) is 0 Å². The maximum absolute atomic E-state index is 12.5. The predicted molar refractivity (Wildman–Crippen MR) is 120 cm³/mol. The molecule has 1 fully saturated rings. The third-order valence-electron chi connectivity index (χ3n) is 5.47. The number of carbonyl (C=O) groups excluding carboxylic acids is 1. The van der Waals surface area contributed by atoms with Gasteiger partial charge in [-0.15, -0.1) is 0 Å². The van der Waals surface area contributed by atoms with Gasteiger partial charge < -0.3 is 15.0 Å². The Labute approximate surface area is 174 Å². The van der Waals surface area contributed by atoms with Crippen molar-refractivity contribution in [2.45, 2.75) is 32.6 Å². The molecule has 0 bridgehead atoms. The lowest BCUT2D eigenvalue weighted by atomic mass is 9.86. The molecule has 5 nitrogen and oxygen atoms in total. The molecule has 3 rings (SSSR count). The van der Waals surface area contributed by atoms with Crippen LogP contribution in [0, 0.1) is 0 Å². The Morgan fingerprint density at radius 1 is 1.00 bits per heavy atom. The average molecular weight is 396 g/mol. The summed E-state index contributed by atoms with van der Waals surface area (Å²) in [5.41, 5.74) is 3.32. The van der Waals surface area contributed by atoms with Gasteiger partial charge in [0.05, 0.1) is 7.11 Å². The van der Waals surface area contributed by atoms with E-state index in [-0.39, 0.29) is 11.3 Å². The summed E-state index contributed by atoms with van der Waals surface area (Å²) in [5, 5.41) is 3.11. The summed E-state index contributed by atoms with van der Waals surface area (Å²) in [6.07, 6.45) is 0.515. The first kappa shape index (κ1) is 21.2. The van der Waals surface area contributed by atoms with E-state index in [4.69, 9.17) is 4.74 Å². The first-order valence-corrected chi connectivity index (χ1v) is 10.4. The van der Waals surface area contributed by atoms with Crippen molar-refractivity contribution in [2.24, 2.45) is 0 Å². The summed E-state index contributed by atoms with van der Waals surface area (Å²) in [6.45, 7) is 11.2. The summed E-state index contributed by atoms with van der Waals surface area (Å²) in [4.78, 5) is 17.3. The van der Waals surface area contributed by atoms with Gasteiger partial charge in [-0.2, -0.15) is 0 Å². The van der Waals surface area contributed by atoms with Crippen LogP contribution in [0.3, 0.4) is 0 Å². The molecular formula is C24H33N3O2. The largest absolute Gasteiger partial charge is 0.497 e. The zero-order valence-electron chi connectivity index (χ0n) is 18.1. The van der Waals surface area contributed by atoms with E-state index in [1.165, 1.54) is 11.3 Å². The van der Waals surface area contributed by atoms with Gasteiger partial charge in [0.2, 0.25) is 5.91 Å². The summed E-state index contributed by atoms with van der Waals surface area (Å²) < 4.78 is 5.23. The highest BCUT2D eigenvalue weighted by atomic mass is 16.5. The second kappa shape index (κ2) is 9.31. The van der Waals surface area contributed by atoms with Gasteiger partial charge in [0.1, 0.15) is 5.75 Å². The van der Waals surface area contributed by atoms with E-state index >= 15 is 0 Å². The van der Waals surface area contributed by atoms with Crippen LogP contribution < -0.4 is 15.0 Å². The molecule has 0 radical (unpaired) electrons. The standard InChI is InChI=1S/C24H33N3O2/c1-24(2,3)21-7-5-6-8-22(21)25-23(28)13-14-26-15-17-27(18-16-26)19-9-11-20(29-4)12-10-19/h5-12H,13-18H2,1-4H3,(H,25,28). The molecule has 1 aliphatic rings. The van der Waals surface area contributed by atoms with Crippen molar-refractivity contribution < 1.29 is 9.53 Å². The Kier molecular flexibility index (Phi) is 6.80. The third-order valence-corrected chi connectivity index (χ3v) is 5.47. The van der Waals surface area contributed by atoms with Gasteiger partial charge in [-0.3, -0.25) is 9.69 Å². The number of amides is 1. The molecule has 1 amide bonds. The van der Waals surface area contributed by atoms with Crippen LogP contribution >= 0.6 is 0 Å². The Balaban J connectivity index is 1.46. The third kappa shape index (κ3) is 5.73.